The smallest absolute Gasteiger partial charge is 0.410 e. The number of hydrogen-bond donors (Lipinski definition) is 4. The van der Waals surface area contributed by atoms with Crippen molar-refractivity contribution in [2.75, 3.05) is 31.6 Å². The molecule has 2 aromatic carbocycles. The summed E-state index contributed by atoms with van der Waals surface area (Å²) in [6.07, 6.45) is 1.02. The van der Waals surface area contributed by atoms with Crippen LogP contribution in [0.15, 0.2) is 71.8 Å². The first-order valence-electron chi connectivity index (χ1n) is 14.8. The summed E-state index contributed by atoms with van der Waals surface area (Å²) in [5.41, 5.74) is 2.68. The number of benzene rings is 2. The number of nitrogens with zero attached hydrogens (tertiary/aromatic N) is 2. The van der Waals surface area contributed by atoms with Crippen molar-refractivity contribution in [3.05, 3.63) is 89.1 Å². The molecule has 0 bridgehead atoms. The lowest BCUT2D eigenvalue weighted by Gasteiger charge is -2.24. The Kier molecular flexibility index (Phi) is 11.7. The highest BCUT2D eigenvalue weighted by atomic mass is 32.2. The molecule has 4 N–H and O–H groups in total. The van der Waals surface area contributed by atoms with E-state index in [0.717, 1.165) is 11.1 Å². The minimum atomic E-state index is -4.20. The maximum absolute atomic E-state index is 13.1. The molecule has 4 rings (SSSR count). The van der Waals surface area contributed by atoms with E-state index in [0.29, 0.717) is 29.9 Å². The molecule has 13 nitrogen and oxygen atoms in total. The van der Waals surface area contributed by atoms with Crippen molar-refractivity contribution in [2.24, 2.45) is 0 Å². The molecule has 3 aromatic rings. The van der Waals surface area contributed by atoms with Crippen LogP contribution in [0.4, 0.5) is 10.6 Å². The number of hydrogen-bond acceptors (Lipinski definition) is 9. The molecular formula is C32H39N5O8S. The molecule has 0 radical (unpaired) electrons. The van der Waals surface area contributed by atoms with Gasteiger partial charge in [0.2, 0.25) is 15.9 Å². The molecule has 0 spiro atoms. The third-order valence-electron chi connectivity index (χ3n) is 7.42. The topological polar surface area (TPSA) is 176 Å². The first-order valence-corrected chi connectivity index (χ1v) is 16.2. The third kappa shape index (κ3) is 9.49. The summed E-state index contributed by atoms with van der Waals surface area (Å²) in [7, 11) is -4.20. The number of aromatic nitrogens is 1. The summed E-state index contributed by atoms with van der Waals surface area (Å²) in [6.45, 7) is 4.81. The summed E-state index contributed by atoms with van der Waals surface area (Å²) in [6, 6.07) is 16.2. The zero-order valence-electron chi connectivity index (χ0n) is 25.9. The number of anilines is 1. The van der Waals surface area contributed by atoms with Gasteiger partial charge < -0.3 is 30.1 Å². The van der Waals surface area contributed by atoms with Crippen LogP contribution in [0, 0.1) is 20.8 Å². The predicted octanol–water partition coefficient (Wildman–Crippen LogP) is 2.76. The van der Waals surface area contributed by atoms with Crippen molar-refractivity contribution in [3.63, 3.8) is 0 Å². The molecule has 46 heavy (non-hydrogen) atoms. The van der Waals surface area contributed by atoms with E-state index in [4.69, 9.17) is 9.47 Å². The van der Waals surface area contributed by atoms with Crippen molar-refractivity contribution in [1.82, 2.24) is 19.9 Å². The lowest BCUT2D eigenvalue weighted by molar-refractivity contribution is -0.139. The Hall–Kier alpha value is -4.53. The van der Waals surface area contributed by atoms with E-state index in [1.54, 1.807) is 49.2 Å². The number of carbonyl (C=O) groups is 3. The van der Waals surface area contributed by atoms with Crippen LogP contribution in [0.25, 0.3) is 0 Å². The van der Waals surface area contributed by atoms with Gasteiger partial charge in [0.05, 0.1) is 23.6 Å². The Labute approximate surface area is 268 Å². The number of rotatable bonds is 14. The lowest BCUT2D eigenvalue weighted by atomic mass is 10.1. The van der Waals surface area contributed by atoms with E-state index in [9.17, 15) is 27.9 Å². The Morgan fingerprint density at radius 3 is 2.39 bits per heavy atom. The van der Waals surface area contributed by atoms with Crippen LogP contribution in [0.5, 0.6) is 0 Å². The lowest BCUT2D eigenvalue weighted by Crippen LogP contribution is -2.49. The first-order chi connectivity index (χ1) is 21.9. The Morgan fingerprint density at radius 1 is 1.04 bits per heavy atom. The molecule has 2 heterocycles. The number of likely N-dealkylation sites (tertiary alicyclic amines) is 1. The Bertz CT molecular complexity index is 1600. The van der Waals surface area contributed by atoms with Crippen LogP contribution in [0.3, 0.4) is 0 Å². The molecule has 0 saturated carbocycles. The van der Waals surface area contributed by atoms with E-state index in [1.165, 1.54) is 0 Å². The fourth-order valence-electron chi connectivity index (χ4n) is 5.38. The minimum Gasteiger partial charge on any atom is -0.480 e. The van der Waals surface area contributed by atoms with Crippen molar-refractivity contribution in [1.29, 1.82) is 0 Å². The maximum Gasteiger partial charge on any atom is 0.410 e. The second kappa shape index (κ2) is 15.7. The molecule has 246 valence electrons. The maximum atomic E-state index is 13.1. The van der Waals surface area contributed by atoms with E-state index in [2.05, 4.69) is 20.3 Å². The molecule has 1 aliphatic rings. The van der Waals surface area contributed by atoms with Gasteiger partial charge in [-0.3, -0.25) is 9.59 Å². The average molecular weight is 654 g/mol. The van der Waals surface area contributed by atoms with Gasteiger partial charge in [-0.05, 0) is 56.0 Å². The number of carboxylic acids is 1. The van der Waals surface area contributed by atoms with Gasteiger partial charge in [0.25, 0.3) is 0 Å². The van der Waals surface area contributed by atoms with Gasteiger partial charge in [-0.15, -0.1) is 0 Å². The molecule has 3 atom stereocenters. The zero-order chi connectivity index (χ0) is 33.3. The fourth-order valence-corrected chi connectivity index (χ4v) is 7.02. The third-order valence-corrected chi connectivity index (χ3v) is 9.20. The molecule has 1 unspecified atom stereocenters. The molecular weight excluding hydrogens is 614 g/mol. The SMILES string of the molecule is Cc1cc(C)c(S(=O)(=O)NC(CNC(=O)CO[C@H]2C[C@@H](CNc3ccccn3)N(C(=O)OCc3ccccc3)C2)C(=O)O)c(C)c1. The van der Waals surface area contributed by atoms with Gasteiger partial charge in [0.15, 0.2) is 0 Å². The summed E-state index contributed by atoms with van der Waals surface area (Å²) < 4.78 is 39.7. The van der Waals surface area contributed by atoms with Crippen LogP contribution in [-0.4, -0.2) is 85.8 Å². The summed E-state index contributed by atoms with van der Waals surface area (Å²) in [4.78, 5) is 43.4. The van der Waals surface area contributed by atoms with Gasteiger partial charge in [0.1, 0.15) is 25.1 Å². The Morgan fingerprint density at radius 2 is 1.74 bits per heavy atom. The van der Waals surface area contributed by atoms with Crippen molar-refractivity contribution in [3.8, 4) is 0 Å². The minimum absolute atomic E-state index is 0.000757. The van der Waals surface area contributed by atoms with Crippen LogP contribution in [0.2, 0.25) is 0 Å². The van der Waals surface area contributed by atoms with Gasteiger partial charge in [-0.2, -0.15) is 4.72 Å². The van der Waals surface area contributed by atoms with E-state index >= 15 is 0 Å². The molecule has 1 fully saturated rings. The highest BCUT2D eigenvalue weighted by Crippen LogP contribution is 2.23. The van der Waals surface area contributed by atoms with Gasteiger partial charge >= 0.3 is 12.1 Å². The zero-order valence-corrected chi connectivity index (χ0v) is 26.7. The van der Waals surface area contributed by atoms with Crippen molar-refractivity contribution >= 4 is 33.8 Å². The average Bonchev–Trinajstić information content (AvgIpc) is 3.43. The number of ether oxygens (including phenoxy) is 2. The number of carboxylic acid groups (broad SMARTS) is 1. The fraction of sp³-hybridized carbons (Fsp3) is 0.375. The van der Waals surface area contributed by atoms with Crippen LogP contribution in [-0.2, 0) is 35.7 Å². The van der Waals surface area contributed by atoms with Gasteiger partial charge in [-0.1, -0.05) is 54.1 Å². The molecule has 2 amide bonds. The molecule has 1 aliphatic heterocycles. The van der Waals surface area contributed by atoms with Crippen molar-refractivity contribution in [2.45, 2.75) is 56.9 Å². The molecule has 1 aromatic heterocycles. The number of pyridine rings is 1. The standard InChI is InChI=1S/C32H39N5O8S/c1-21-13-22(2)30(23(3)14-21)46(42,43)36-27(31(39)40)17-35-29(38)20-44-26-15-25(16-34-28-11-7-8-12-33-28)37(18-26)32(41)45-19-24-9-5-4-6-10-24/h4-14,25-27,36H,15-20H2,1-3H3,(H,33,34)(H,35,38)(H,39,40)/t25-,26-,27?/m0/s1. The largest absolute Gasteiger partial charge is 0.480 e. The molecule has 0 aliphatic carbocycles. The van der Waals surface area contributed by atoms with E-state index < -0.39 is 53.3 Å². The summed E-state index contributed by atoms with van der Waals surface area (Å²) in [5, 5.41) is 15.3. The Balaban J connectivity index is 1.32. The number of aryl methyl sites for hydroxylation is 3. The highest BCUT2D eigenvalue weighted by molar-refractivity contribution is 7.89. The van der Waals surface area contributed by atoms with E-state index in [-0.39, 0.29) is 24.1 Å². The second-order valence-electron chi connectivity index (χ2n) is 11.2. The molecule has 14 heteroatoms. The molecule has 1 saturated heterocycles. The normalized spacial score (nSPS) is 16.9. The van der Waals surface area contributed by atoms with Crippen molar-refractivity contribution < 1.29 is 37.4 Å². The number of aliphatic carboxylic acids is 1. The highest BCUT2D eigenvalue weighted by Gasteiger charge is 2.37. The van der Waals surface area contributed by atoms with Crippen LogP contribution >= 0.6 is 0 Å². The van der Waals surface area contributed by atoms with Gasteiger partial charge in [-0.25, -0.2) is 18.2 Å². The summed E-state index contributed by atoms with van der Waals surface area (Å²) >= 11 is 0. The van der Waals surface area contributed by atoms with Crippen LogP contribution < -0.4 is 15.4 Å². The van der Waals surface area contributed by atoms with Crippen LogP contribution in [0.1, 0.15) is 28.7 Å². The number of carbonyl (C=O) groups excluding carboxylic acids is 2. The number of nitrogens with one attached hydrogen (secondary N) is 3. The quantitative estimate of drug-likeness (QED) is 0.202. The first kappa shape index (κ1) is 34.3. The van der Waals surface area contributed by atoms with Gasteiger partial charge in [0, 0.05) is 19.3 Å². The summed E-state index contributed by atoms with van der Waals surface area (Å²) in [5.74, 6) is -1.45. The monoisotopic (exact) mass is 653 g/mol. The number of amides is 2. The predicted molar refractivity (Wildman–Crippen MR) is 170 cm³/mol. The van der Waals surface area contributed by atoms with E-state index in [1.807, 2.05) is 43.3 Å². The number of sulfonamides is 1. The second-order valence-corrected chi connectivity index (χ2v) is 12.8.